The minimum absolute atomic E-state index is 0.0529. The van der Waals surface area contributed by atoms with E-state index in [1.807, 2.05) is 0 Å². The van der Waals surface area contributed by atoms with Crippen molar-refractivity contribution in [2.75, 3.05) is 6.61 Å². The average molecular weight is 851 g/mol. The van der Waals surface area contributed by atoms with Crippen LogP contribution in [0.4, 0.5) is 0 Å². The lowest BCUT2D eigenvalue weighted by Crippen LogP contribution is -2.39. The Kier molecular flexibility index (Phi) is 44.2. The van der Waals surface area contributed by atoms with Gasteiger partial charge in [-0.2, -0.15) is 0 Å². The number of aliphatic hydroxyl groups excluding tert-OH is 1. The first-order chi connectivity index (χ1) is 29.3. The van der Waals surface area contributed by atoms with E-state index in [4.69, 9.17) is 9.84 Å². The van der Waals surface area contributed by atoms with Crippen LogP contribution in [0.1, 0.15) is 303 Å². The van der Waals surface area contributed by atoms with Gasteiger partial charge in [0.1, 0.15) is 0 Å². The zero-order chi connectivity index (χ0) is 44.0. The predicted octanol–water partition coefficient (Wildman–Crippen LogP) is 16.6. The maximum atomic E-state index is 14.0. The van der Waals surface area contributed by atoms with Gasteiger partial charge in [0.05, 0.1) is 12.0 Å². The van der Waals surface area contributed by atoms with Crippen LogP contribution >= 0.6 is 0 Å². The van der Waals surface area contributed by atoms with Crippen LogP contribution in [0.25, 0.3) is 0 Å². The van der Waals surface area contributed by atoms with E-state index in [2.05, 4.69) is 13.8 Å². The number of unbranched alkanes of at least 4 members (excludes halogenated alkanes) is 38. The number of ether oxygens (including phenoxy) is 1. The van der Waals surface area contributed by atoms with Crippen molar-refractivity contribution in [3.8, 4) is 0 Å². The van der Waals surface area contributed by atoms with Gasteiger partial charge < -0.3 is 20.1 Å². The molecule has 356 valence electrons. The van der Waals surface area contributed by atoms with E-state index in [-0.39, 0.29) is 12.4 Å². The first-order valence-electron chi connectivity index (χ1n) is 26.6. The summed E-state index contributed by atoms with van der Waals surface area (Å²) in [5, 5.41) is 29.1. The van der Waals surface area contributed by atoms with Crippen LogP contribution in [0.15, 0.2) is 0 Å². The normalized spacial score (nSPS) is 13.1. The maximum absolute atomic E-state index is 14.0. The molecular formula is C53H102O7. The van der Waals surface area contributed by atoms with Crippen molar-refractivity contribution in [1.82, 2.24) is 0 Å². The molecule has 0 saturated heterocycles. The molecule has 0 aliphatic carbocycles. The number of aliphatic carboxylic acids is 2. The summed E-state index contributed by atoms with van der Waals surface area (Å²) in [6.07, 6.45) is 49.8. The number of carboxylic acid groups (broad SMARTS) is 2. The van der Waals surface area contributed by atoms with Gasteiger partial charge >= 0.3 is 17.9 Å². The fourth-order valence-corrected chi connectivity index (χ4v) is 9.03. The number of carboxylic acids is 2. The molecule has 0 radical (unpaired) electrons. The zero-order valence-electron chi connectivity index (χ0n) is 40.1. The first-order valence-corrected chi connectivity index (χ1v) is 26.6. The second-order valence-electron chi connectivity index (χ2n) is 18.9. The Balaban J connectivity index is 4.74. The summed E-state index contributed by atoms with van der Waals surface area (Å²) in [5.41, 5.74) is -0.940. The van der Waals surface area contributed by atoms with E-state index in [1.165, 1.54) is 186 Å². The van der Waals surface area contributed by atoms with Crippen molar-refractivity contribution < 1.29 is 34.4 Å². The number of carbonyl (C=O) groups is 3. The second-order valence-corrected chi connectivity index (χ2v) is 18.9. The van der Waals surface area contributed by atoms with Gasteiger partial charge in [-0.1, -0.05) is 264 Å². The molecule has 0 fully saturated rings. The minimum Gasteiger partial charge on any atom is -0.481 e. The highest BCUT2D eigenvalue weighted by Gasteiger charge is 2.42. The predicted molar refractivity (Wildman–Crippen MR) is 254 cm³/mol. The van der Waals surface area contributed by atoms with Gasteiger partial charge in [0.2, 0.25) is 0 Å². The molecule has 0 aromatic carbocycles. The van der Waals surface area contributed by atoms with Gasteiger partial charge in [0, 0.05) is 12.8 Å². The fourth-order valence-electron chi connectivity index (χ4n) is 9.03. The van der Waals surface area contributed by atoms with E-state index in [0.717, 1.165) is 77.0 Å². The number of carbonyl (C=O) groups excluding carboxylic acids is 1. The smallest absolute Gasteiger partial charge is 0.332 e. The van der Waals surface area contributed by atoms with Crippen LogP contribution < -0.4 is 0 Å². The number of rotatable bonds is 50. The lowest BCUT2D eigenvalue weighted by atomic mass is 9.73. The summed E-state index contributed by atoms with van der Waals surface area (Å²) in [6.45, 7) is 4.92. The highest BCUT2D eigenvalue weighted by Crippen LogP contribution is 2.39. The van der Waals surface area contributed by atoms with Gasteiger partial charge in [-0.25, -0.2) is 4.79 Å². The SMILES string of the molecule is CCCCCCCCCCCCCCCCOC(=O)C(CCCCCCCCCCCCCC)(CCCCCCCCCCCCCCCCCC(=O)O)CC(O)C(=O)O. The molecule has 60 heavy (non-hydrogen) atoms. The summed E-state index contributed by atoms with van der Waals surface area (Å²) < 4.78 is 5.98. The third kappa shape index (κ3) is 39.2. The molecule has 0 amide bonds. The van der Waals surface area contributed by atoms with Crippen molar-refractivity contribution in [1.29, 1.82) is 0 Å². The first kappa shape index (κ1) is 58.4. The van der Waals surface area contributed by atoms with Crippen LogP contribution in [0.5, 0.6) is 0 Å². The highest BCUT2D eigenvalue weighted by molar-refractivity contribution is 5.79. The van der Waals surface area contributed by atoms with Crippen molar-refractivity contribution >= 4 is 17.9 Å². The third-order valence-electron chi connectivity index (χ3n) is 13.1. The maximum Gasteiger partial charge on any atom is 0.332 e. The zero-order valence-corrected chi connectivity index (χ0v) is 40.1. The Labute approximate surface area is 372 Å². The van der Waals surface area contributed by atoms with Gasteiger partial charge in [-0.3, -0.25) is 9.59 Å². The lowest BCUT2D eigenvalue weighted by Gasteiger charge is -2.33. The molecule has 0 aromatic rings. The number of aliphatic hydroxyl groups is 1. The summed E-state index contributed by atoms with van der Waals surface area (Å²) in [4.78, 5) is 36.5. The number of esters is 1. The van der Waals surface area contributed by atoms with Crippen LogP contribution in [-0.2, 0) is 19.1 Å². The Hall–Kier alpha value is -1.63. The molecule has 0 spiro atoms. The van der Waals surface area contributed by atoms with Crippen LogP contribution in [0, 0.1) is 5.41 Å². The van der Waals surface area contributed by atoms with E-state index < -0.39 is 23.5 Å². The molecule has 2 unspecified atom stereocenters. The van der Waals surface area contributed by atoms with Crippen molar-refractivity contribution in [3.05, 3.63) is 0 Å². The Morgan fingerprint density at radius 1 is 0.400 bits per heavy atom. The molecule has 0 rings (SSSR count). The molecule has 0 aliphatic rings. The molecular weight excluding hydrogens is 749 g/mol. The lowest BCUT2D eigenvalue weighted by molar-refractivity contribution is -0.162. The summed E-state index contributed by atoms with van der Waals surface area (Å²) in [5.74, 6) is -2.21. The van der Waals surface area contributed by atoms with E-state index >= 15 is 0 Å². The summed E-state index contributed by atoms with van der Waals surface area (Å²) in [6, 6.07) is 0. The molecule has 7 nitrogen and oxygen atoms in total. The third-order valence-corrected chi connectivity index (χ3v) is 13.1. The summed E-state index contributed by atoms with van der Waals surface area (Å²) in [7, 11) is 0. The Morgan fingerprint density at radius 2 is 0.667 bits per heavy atom. The van der Waals surface area contributed by atoms with Gasteiger partial charge in [-0.15, -0.1) is 0 Å². The monoisotopic (exact) mass is 851 g/mol. The second kappa shape index (κ2) is 45.4. The van der Waals surface area contributed by atoms with E-state index in [0.29, 0.717) is 25.9 Å². The highest BCUT2D eigenvalue weighted by atomic mass is 16.5. The average Bonchev–Trinajstić information content (AvgIpc) is 3.23. The van der Waals surface area contributed by atoms with Crippen molar-refractivity contribution in [2.24, 2.45) is 5.41 Å². The van der Waals surface area contributed by atoms with Crippen molar-refractivity contribution in [3.63, 3.8) is 0 Å². The Morgan fingerprint density at radius 3 is 0.950 bits per heavy atom. The van der Waals surface area contributed by atoms with Crippen LogP contribution in [-0.4, -0.2) is 45.9 Å². The molecule has 0 aliphatic heterocycles. The quantitative estimate of drug-likeness (QED) is 0.0412. The van der Waals surface area contributed by atoms with Crippen LogP contribution in [0.2, 0.25) is 0 Å². The topological polar surface area (TPSA) is 121 Å². The van der Waals surface area contributed by atoms with Crippen molar-refractivity contribution in [2.45, 2.75) is 309 Å². The Bertz CT molecular complexity index is 938. The molecule has 3 N–H and O–H groups in total. The number of hydrogen-bond donors (Lipinski definition) is 3. The molecule has 0 bridgehead atoms. The molecule has 7 heteroatoms. The fraction of sp³-hybridized carbons (Fsp3) is 0.943. The minimum atomic E-state index is -1.56. The molecule has 0 heterocycles. The van der Waals surface area contributed by atoms with Crippen LogP contribution in [0.3, 0.4) is 0 Å². The number of hydrogen-bond acceptors (Lipinski definition) is 5. The van der Waals surface area contributed by atoms with E-state index in [1.54, 1.807) is 0 Å². The molecule has 2 atom stereocenters. The summed E-state index contributed by atoms with van der Waals surface area (Å²) >= 11 is 0. The van der Waals surface area contributed by atoms with Gasteiger partial charge in [0.25, 0.3) is 0 Å². The van der Waals surface area contributed by atoms with Gasteiger partial charge in [-0.05, 0) is 25.7 Å². The standard InChI is InChI=1S/C53H102O7/c1-3-5-7-9-11-13-15-17-23-27-31-35-39-43-47-60-52(59)53(48-49(54)51(57)58,45-41-37-33-29-25-16-14-12-10-8-6-4-2)46-42-38-34-30-26-22-20-18-19-21-24-28-32-36-40-44-50(55)56/h49,54H,3-48H2,1-2H3,(H,55,56)(H,57,58). The molecule has 0 saturated carbocycles. The van der Waals surface area contributed by atoms with E-state index in [9.17, 15) is 24.6 Å². The van der Waals surface area contributed by atoms with Gasteiger partial charge in [0.15, 0.2) is 6.10 Å². The largest absolute Gasteiger partial charge is 0.481 e. The molecule has 0 aromatic heterocycles.